The maximum absolute atomic E-state index is 5.50. The minimum Gasteiger partial charge on any atom is -0.497 e. The van der Waals surface area contributed by atoms with Gasteiger partial charge in [-0.05, 0) is 89.5 Å². The van der Waals surface area contributed by atoms with Gasteiger partial charge in [0.15, 0.2) is 0 Å². The van der Waals surface area contributed by atoms with E-state index in [0.29, 0.717) is 87.4 Å². The predicted molar refractivity (Wildman–Crippen MR) is 278 cm³/mol. The van der Waals surface area contributed by atoms with Crippen LogP contribution >= 0.6 is 0 Å². The van der Waals surface area contributed by atoms with Gasteiger partial charge in [0.1, 0.15) is 104 Å². The van der Waals surface area contributed by atoms with Crippen molar-refractivity contribution in [1.82, 2.24) is 72.3 Å². The molecule has 0 fully saturated rings. The Balaban J connectivity index is 1.32. The molecule has 0 aliphatic rings. The van der Waals surface area contributed by atoms with Crippen LogP contribution in [0.25, 0.3) is 67.8 Å². The van der Waals surface area contributed by atoms with Crippen molar-refractivity contribution in [3.8, 4) is 17.2 Å². The molecule has 18 heteroatoms. The maximum Gasteiger partial charge on any atom is 0.139 e. The summed E-state index contributed by atoms with van der Waals surface area (Å²) in [6.07, 6.45) is 4.68. The highest BCUT2D eigenvalue weighted by atomic mass is 16.5. The molecule has 0 radical (unpaired) electrons. The van der Waals surface area contributed by atoms with Crippen LogP contribution in [-0.2, 0) is 40.8 Å². The van der Waals surface area contributed by atoms with Crippen LogP contribution in [0.15, 0.2) is 165 Å². The monoisotopic (exact) mass is 957 g/mol. The number of pyridine rings is 3. The van der Waals surface area contributed by atoms with Crippen LogP contribution in [0, 0.1) is 0 Å². The normalized spacial score (nSPS) is 11.1. The molecule has 3 aromatic carbocycles. The zero-order valence-corrected chi connectivity index (χ0v) is 40.6. The lowest BCUT2D eigenvalue weighted by Gasteiger charge is -2.13. The minimum absolute atomic E-state index is 0.429. The molecule has 0 unspecified atom stereocenters. The molecular weight excluding hydrogens is 907 g/mol. The molecule has 18 nitrogen and oxygen atoms in total. The van der Waals surface area contributed by atoms with E-state index in [1.165, 1.54) is 0 Å². The first-order valence-electron chi connectivity index (χ1n) is 23.0. The summed E-state index contributed by atoms with van der Waals surface area (Å²) in [6, 6.07) is 47.4. The summed E-state index contributed by atoms with van der Waals surface area (Å²) in [5.74, 6) is 2.28. The summed E-state index contributed by atoms with van der Waals surface area (Å²) < 4.78 is 28.5. The first-order valence-corrected chi connectivity index (χ1v) is 23.0. The largest absolute Gasteiger partial charge is 0.497 e. The Morgan fingerprint density at radius 1 is 0.306 bits per heavy atom. The SMILES string of the molecule is COc1ccc(Cn2c3cc(ncn3)n(C)c3cccc(n3)n(Cc3ccc(OC)cc3)c3cc(ncn3)n(C)c3cccc(n3)n(Cc3ccc(OC)cc3)c3cc(ncn3)n(C)c3cccc2n3)cc1. The van der Waals surface area contributed by atoms with Gasteiger partial charge >= 0.3 is 0 Å². The van der Waals surface area contributed by atoms with E-state index < -0.39 is 0 Å². The van der Waals surface area contributed by atoms with Crippen molar-refractivity contribution < 1.29 is 14.2 Å². The van der Waals surface area contributed by atoms with Crippen molar-refractivity contribution >= 4 is 67.8 Å². The Morgan fingerprint density at radius 2 is 0.556 bits per heavy atom. The number of fused-ring (bicyclic) bond motifs is 12. The molecule has 0 saturated carbocycles. The highest BCUT2D eigenvalue weighted by Gasteiger charge is 2.10. The van der Waals surface area contributed by atoms with E-state index in [-0.39, 0.29) is 0 Å². The van der Waals surface area contributed by atoms with E-state index in [9.17, 15) is 0 Å². The Hall–Kier alpha value is -9.45. The average molecular weight is 958 g/mol. The molecule has 7 heterocycles. The van der Waals surface area contributed by atoms with Gasteiger partial charge < -0.3 is 41.6 Å². The number of aromatic nitrogens is 15. The van der Waals surface area contributed by atoms with Gasteiger partial charge in [-0.1, -0.05) is 54.6 Å². The number of hydrogen-bond acceptors (Lipinski definition) is 12. The minimum atomic E-state index is 0.429. The molecule has 0 saturated heterocycles. The van der Waals surface area contributed by atoms with Crippen LogP contribution in [-0.4, -0.2) is 93.6 Å². The van der Waals surface area contributed by atoms with Crippen LogP contribution in [0.3, 0.4) is 0 Å². The zero-order valence-electron chi connectivity index (χ0n) is 40.6. The predicted octanol–water partition coefficient (Wildman–Crippen LogP) is 8.81. The third kappa shape index (κ3) is 10.00. The van der Waals surface area contributed by atoms with Gasteiger partial charge in [-0.15, -0.1) is 0 Å². The quantitative estimate of drug-likeness (QED) is 0.135. The molecule has 0 aliphatic heterocycles. The van der Waals surface area contributed by atoms with Gasteiger partial charge in [-0.2, -0.15) is 0 Å². The summed E-state index contributed by atoms with van der Waals surface area (Å²) in [7, 11) is 10.8. The third-order valence-corrected chi connectivity index (χ3v) is 12.3. The highest BCUT2D eigenvalue weighted by Crippen LogP contribution is 2.20. The second-order valence-electron chi connectivity index (χ2n) is 16.7. The van der Waals surface area contributed by atoms with E-state index in [0.717, 1.165) is 33.9 Å². The molecule has 0 atom stereocenters. The van der Waals surface area contributed by atoms with E-state index in [1.807, 2.05) is 180 Å². The second kappa shape index (κ2) is 20.6. The fraction of sp³-hybridized carbons (Fsp3) is 0.167. The lowest BCUT2D eigenvalue weighted by Crippen LogP contribution is -2.08. The summed E-state index contributed by atoms with van der Waals surface area (Å²) in [6.45, 7) is 1.29. The molecule has 12 bridgehead atoms. The molecule has 7 aromatic heterocycles. The standard InChI is InChI=1S/C54H51N15O3/c1-64-43-10-7-13-46(61-43)67(31-37-16-22-40(70-4)23-17-37)53-29-50(56-35-59-53)66(3)45-12-9-15-48(63-45)69(33-39-20-26-42(72-6)27-21-39)54-30-51(57-36-60-54)65(2)44-11-8-14-47(62-44)68(52-28-49(64)55-34-58-52)32-38-18-24-41(71-5)25-19-38/h7-30,34-36H,31-33H2,1-6H3. The number of hydrogen-bond donors (Lipinski definition) is 0. The smallest absolute Gasteiger partial charge is 0.139 e. The van der Waals surface area contributed by atoms with Crippen LogP contribution in [0.2, 0.25) is 0 Å². The van der Waals surface area contributed by atoms with Crippen LogP contribution < -0.4 is 14.2 Å². The van der Waals surface area contributed by atoms with Crippen molar-refractivity contribution in [2.24, 2.45) is 21.1 Å². The Bertz CT molecular complexity index is 3330. The second-order valence-corrected chi connectivity index (χ2v) is 16.7. The van der Waals surface area contributed by atoms with Gasteiger partial charge in [0.05, 0.1) is 41.0 Å². The maximum atomic E-state index is 5.50. The molecule has 10 aromatic rings. The van der Waals surface area contributed by atoms with Gasteiger partial charge in [0.2, 0.25) is 0 Å². The molecule has 0 N–H and O–H groups in total. The Kier molecular flexibility index (Phi) is 13.3. The molecule has 0 spiro atoms. The zero-order chi connectivity index (χ0) is 49.6. The third-order valence-electron chi connectivity index (χ3n) is 12.3. The lowest BCUT2D eigenvalue weighted by atomic mass is 10.2. The van der Waals surface area contributed by atoms with Crippen molar-refractivity contribution in [2.75, 3.05) is 21.3 Å². The summed E-state index contributed by atoms with van der Waals surface area (Å²) in [4.78, 5) is 44.5. The molecular formula is C54H51N15O3. The summed E-state index contributed by atoms with van der Waals surface area (Å²) in [5.41, 5.74) is 10.6. The van der Waals surface area contributed by atoms with Crippen molar-refractivity contribution in [3.05, 3.63) is 181 Å². The summed E-state index contributed by atoms with van der Waals surface area (Å²) in [5, 5.41) is 0. The first-order chi connectivity index (χ1) is 35.2. The van der Waals surface area contributed by atoms with Gasteiger partial charge in [-0.25, -0.2) is 44.9 Å². The Labute approximate surface area is 413 Å². The summed E-state index contributed by atoms with van der Waals surface area (Å²) >= 11 is 0. The van der Waals surface area contributed by atoms with E-state index in [1.54, 1.807) is 40.3 Å². The fourth-order valence-electron chi connectivity index (χ4n) is 8.18. The van der Waals surface area contributed by atoms with Gasteiger partial charge in [0, 0.05) is 39.3 Å². The number of ether oxygens (including phenoxy) is 3. The van der Waals surface area contributed by atoms with Gasteiger partial charge in [-0.3, -0.25) is 0 Å². The number of nitrogens with zero attached hydrogens (tertiary/aromatic N) is 15. The average Bonchev–Trinajstić information content (AvgIpc) is 3.45. The molecule has 10 rings (SSSR count). The van der Waals surface area contributed by atoms with E-state index in [4.69, 9.17) is 59.1 Å². The first kappa shape index (κ1) is 46.3. The van der Waals surface area contributed by atoms with Crippen molar-refractivity contribution in [3.63, 3.8) is 0 Å². The number of rotatable bonds is 9. The van der Waals surface area contributed by atoms with Gasteiger partial charge in [0.25, 0.3) is 0 Å². The lowest BCUT2D eigenvalue weighted by molar-refractivity contribution is 0.414. The van der Waals surface area contributed by atoms with Crippen LogP contribution in [0.5, 0.6) is 17.2 Å². The van der Waals surface area contributed by atoms with E-state index >= 15 is 0 Å². The van der Waals surface area contributed by atoms with E-state index in [2.05, 4.69) is 13.7 Å². The van der Waals surface area contributed by atoms with Crippen LogP contribution in [0.4, 0.5) is 0 Å². The molecule has 72 heavy (non-hydrogen) atoms. The van der Waals surface area contributed by atoms with Crippen molar-refractivity contribution in [2.45, 2.75) is 19.6 Å². The Morgan fingerprint density at radius 3 is 0.819 bits per heavy atom. The highest BCUT2D eigenvalue weighted by molar-refractivity contribution is 5.64. The molecule has 360 valence electrons. The molecule has 0 aliphatic carbocycles. The number of benzene rings is 3. The number of methoxy groups -OCH3 is 3. The number of aryl methyl sites for hydroxylation is 3. The van der Waals surface area contributed by atoms with Crippen LogP contribution in [0.1, 0.15) is 16.7 Å². The fourth-order valence-corrected chi connectivity index (χ4v) is 8.18. The molecule has 0 amide bonds. The topological polar surface area (TPSA) is 173 Å². The van der Waals surface area contributed by atoms with Crippen molar-refractivity contribution in [1.29, 1.82) is 0 Å².